The van der Waals surface area contributed by atoms with Crippen molar-refractivity contribution in [2.75, 3.05) is 6.54 Å². The molecule has 2 aliphatic carbocycles. The van der Waals surface area contributed by atoms with Crippen LogP contribution in [-0.2, 0) is 11.2 Å². The molecular weight excluding hydrogens is 488 g/mol. The highest BCUT2D eigenvalue weighted by molar-refractivity contribution is 8.26. The summed E-state index contributed by atoms with van der Waals surface area (Å²) in [5.74, 6) is 1.53. The summed E-state index contributed by atoms with van der Waals surface area (Å²) >= 11 is 15.0. The largest absolute Gasteiger partial charge is 0.330 e. The molecule has 0 spiro atoms. The van der Waals surface area contributed by atoms with Crippen molar-refractivity contribution < 1.29 is 4.79 Å². The van der Waals surface area contributed by atoms with Gasteiger partial charge in [-0.25, -0.2) is 0 Å². The molecule has 174 valence electrons. The number of nitrogens with two attached hydrogens (primary N) is 1. The fraction of sp³-hybridized carbons (Fsp3) is 0.462. The van der Waals surface area contributed by atoms with E-state index in [9.17, 15) is 4.79 Å². The molecule has 0 radical (unpaired) electrons. The van der Waals surface area contributed by atoms with Crippen LogP contribution in [0.5, 0.6) is 0 Å². The quantitative estimate of drug-likeness (QED) is 0.230. The van der Waals surface area contributed by atoms with Crippen molar-refractivity contribution in [3.8, 4) is 10.4 Å². The van der Waals surface area contributed by atoms with Gasteiger partial charge in [0.05, 0.1) is 4.91 Å². The maximum Gasteiger partial charge on any atom is 0.266 e. The lowest BCUT2D eigenvalue weighted by atomic mass is 9.94. The van der Waals surface area contributed by atoms with E-state index < -0.39 is 0 Å². The van der Waals surface area contributed by atoms with Crippen LogP contribution in [0.3, 0.4) is 0 Å². The molecule has 1 aromatic carbocycles. The zero-order chi connectivity index (χ0) is 22.9. The third-order valence-corrected chi connectivity index (χ3v) is 9.99. The molecular formula is C26H29ClN2OS3. The summed E-state index contributed by atoms with van der Waals surface area (Å²) in [5, 5.41) is 0.738. The lowest BCUT2D eigenvalue weighted by Gasteiger charge is -2.30. The van der Waals surface area contributed by atoms with Crippen molar-refractivity contribution in [1.82, 2.24) is 4.90 Å². The van der Waals surface area contributed by atoms with Gasteiger partial charge in [-0.1, -0.05) is 60.6 Å². The molecule has 2 bridgehead atoms. The first-order valence-electron chi connectivity index (χ1n) is 11.9. The number of thiocarbonyl (C=S) groups is 1. The molecule has 1 aliphatic heterocycles. The Morgan fingerprint density at radius 2 is 1.97 bits per heavy atom. The van der Waals surface area contributed by atoms with Crippen LogP contribution in [0.2, 0.25) is 5.02 Å². The number of hydrogen-bond donors (Lipinski definition) is 1. The van der Waals surface area contributed by atoms with Crippen LogP contribution in [0, 0.1) is 11.8 Å². The Morgan fingerprint density at radius 3 is 2.67 bits per heavy atom. The molecule has 3 unspecified atom stereocenters. The van der Waals surface area contributed by atoms with Crippen molar-refractivity contribution in [3.63, 3.8) is 0 Å². The summed E-state index contributed by atoms with van der Waals surface area (Å²) in [4.78, 5) is 18.5. The summed E-state index contributed by atoms with van der Waals surface area (Å²) in [5.41, 5.74) is 8.13. The van der Waals surface area contributed by atoms with Crippen molar-refractivity contribution in [2.24, 2.45) is 17.6 Å². The highest BCUT2D eigenvalue weighted by Crippen LogP contribution is 2.49. The van der Waals surface area contributed by atoms with Gasteiger partial charge in [0.2, 0.25) is 0 Å². The van der Waals surface area contributed by atoms with Crippen LogP contribution in [0.25, 0.3) is 16.5 Å². The average Bonchev–Trinajstić information content (AvgIpc) is 3.57. The van der Waals surface area contributed by atoms with E-state index in [1.54, 1.807) is 11.3 Å². The number of fused-ring (bicyclic) bond motifs is 2. The highest BCUT2D eigenvalue weighted by Gasteiger charge is 2.48. The Labute approximate surface area is 214 Å². The van der Waals surface area contributed by atoms with Crippen LogP contribution in [0.1, 0.15) is 55.4 Å². The van der Waals surface area contributed by atoms with E-state index in [2.05, 4.69) is 24.3 Å². The van der Waals surface area contributed by atoms with Crippen LogP contribution >= 0.6 is 46.9 Å². The van der Waals surface area contributed by atoms with Crippen molar-refractivity contribution in [3.05, 3.63) is 50.7 Å². The van der Waals surface area contributed by atoms with Gasteiger partial charge in [0.25, 0.3) is 5.91 Å². The topological polar surface area (TPSA) is 46.3 Å². The van der Waals surface area contributed by atoms with E-state index in [0.717, 1.165) is 64.4 Å². The molecule has 2 N–H and O–H groups in total. The van der Waals surface area contributed by atoms with Crippen molar-refractivity contribution in [2.45, 2.75) is 57.4 Å². The second kappa shape index (κ2) is 10.2. The number of nitrogens with zero attached hydrogens (tertiary/aromatic N) is 1. The first-order valence-corrected chi connectivity index (χ1v) is 14.3. The third-order valence-electron chi connectivity index (χ3n) is 7.24. The number of benzene rings is 1. The van der Waals surface area contributed by atoms with Gasteiger partial charge in [0, 0.05) is 20.8 Å². The molecule has 3 atom stereocenters. The van der Waals surface area contributed by atoms with E-state index in [1.807, 2.05) is 17.0 Å². The minimum Gasteiger partial charge on any atom is -0.330 e. The van der Waals surface area contributed by atoms with Gasteiger partial charge in [-0.3, -0.25) is 9.69 Å². The lowest BCUT2D eigenvalue weighted by molar-refractivity contribution is -0.124. The summed E-state index contributed by atoms with van der Waals surface area (Å²) in [6.07, 6.45) is 11.3. The molecule has 3 aliphatic rings. The third kappa shape index (κ3) is 4.96. The summed E-state index contributed by atoms with van der Waals surface area (Å²) in [7, 11) is 0. The maximum absolute atomic E-state index is 13.4. The number of carbonyl (C=O) groups is 1. The van der Waals surface area contributed by atoms with Crippen LogP contribution < -0.4 is 5.73 Å². The van der Waals surface area contributed by atoms with Gasteiger partial charge >= 0.3 is 0 Å². The molecule has 2 heterocycles. The first kappa shape index (κ1) is 23.6. The van der Waals surface area contributed by atoms with E-state index in [0.29, 0.717) is 12.0 Å². The summed E-state index contributed by atoms with van der Waals surface area (Å²) in [6.45, 7) is 0.734. The Morgan fingerprint density at radius 1 is 1.15 bits per heavy atom. The van der Waals surface area contributed by atoms with Crippen LogP contribution in [0.15, 0.2) is 35.2 Å². The van der Waals surface area contributed by atoms with Gasteiger partial charge < -0.3 is 5.73 Å². The Hall–Kier alpha value is -1.18. The Bertz CT molecular complexity index is 1080. The standard InChI is InChI=1S/C26H29ClN2OS3/c27-20-9-7-17(8-10-20)22-14-19(4-2-1-3-11-28)23(32-22)15-24-25(30)29(26(31)33-24)21-13-16-5-6-18(21)12-16/h7-10,14-16,18,21H,1-6,11-13,28H2/b24-15-. The van der Waals surface area contributed by atoms with Gasteiger partial charge in [-0.2, -0.15) is 0 Å². The Balaban J connectivity index is 1.41. The smallest absolute Gasteiger partial charge is 0.266 e. The minimum atomic E-state index is 0.109. The average molecular weight is 517 g/mol. The number of carbonyl (C=O) groups excluding carboxylic acids is 1. The molecule has 2 saturated carbocycles. The summed E-state index contributed by atoms with van der Waals surface area (Å²) < 4.78 is 0.739. The zero-order valence-electron chi connectivity index (χ0n) is 18.6. The Kier molecular flexibility index (Phi) is 7.29. The number of unbranched alkanes of at least 4 members (excludes halogenated alkanes) is 2. The maximum atomic E-state index is 13.4. The number of rotatable bonds is 8. The lowest BCUT2D eigenvalue weighted by Crippen LogP contribution is -2.41. The number of amides is 1. The molecule has 1 amide bonds. The fourth-order valence-corrected chi connectivity index (χ4v) is 8.28. The predicted molar refractivity (Wildman–Crippen MR) is 146 cm³/mol. The minimum absolute atomic E-state index is 0.109. The molecule has 1 saturated heterocycles. The molecule has 33 heavy (non-hydrogen) atoms. The van der Waals surface area contributed by atoms with Gasteiger partial charge in [0.15, 0.2) is 0 Å². The molecule has 3 nitrogen and oxygen atoms in total. The molecule has 5 rings (SSSR count). The summed E-state index contributed by atoms with van der Waals surface area (Å²) in [6, 6.07) is 10.6. The normalized spacial score (nSPS) is 25.7. The number of hydrogen-bond acceptors (Lipinski definition) is 5. The van der Waals surface area contributed by atoms with Crippen molar-refractivity contribution >= 4 is 63.2 Å². The second-order valence-electron chi connectivity index (χ2n) is 9.40. The SMILES string of the molecule is NCCCCCc1cc(-c2ccc(Cl)cc2)sc1/C=C1\SC(=S)N(C2CC3CCC2C3)C1=O. The number of halogens is 1. The molecule has 3 fully saturated rings. The zero-order valence-corrected chi connectivity index (χ0v) is 21.8. The monoisotopic (exact) mass is 516 g/mol. The van der Waals surface area contributed by atoms with Gasteiger partial charge in [-0.05, 0) is 92.3 Å². The molecule has 2 aromatic rings. The van der Waals surface area contributed by atoms with E-state index in [4.69, 9.17) is 29.6 Å². The van der Waals surface area contributed by atoms with Gasteiger partial charge in [-0.15, -0.1) is 11.3 Å². The molecule has 1 aromatic heterocycles. The molecule has 7 heteroatoms. The van der Waals surface area contributed by atoms with E-state index >= 15 is 0 Å². The van der Waals surface area contributed by atoms with E-state index in [-0.39, 0.29) is 5.91 Å². The fourth-order valence-electron chi connectivity index (χ4n) is 5.57. The first-order chi connectivity index (χ1) is 16.0. The number of thioether (sulfide) groups is 1. The van der Waals surface area contributed by atoms with E-state index in [1.165, 1.54) is 46.3 Å². The van der Waals surface area contributed by atoms with Crippen molar-refractivity contribution in [1.29, 1.82) is 0 Å². The predicted octanol–water partition coefficient (Wildman–Crippen LogP) is 7.13. The highest BCUT2D eigenvalue weighted by atomic mass is 35.5. The van der Waals surface area contributed by atoms with Crippen LogP contribution in [-0.4, -0.2) is 27.7 Å². The number of thiophene rings is 1. The van der Waals surface area contributed by atoms with Gasteiger partial charge in [0.1, 0.15) is 4.32 Å². The number of aryl methyl sites for hydroxylation is 1. The second-order valence-corrected chi connectivity index (χ2v) is 12.6. The van der Waals surface area contributed by atoms with Crippen LogP contribution in [0.4, 0.5) is 0 Å².